The standard InChI is InChI=1S/C10H10N4O/c11-14-9-10(13-7-6-12-9)15-8-4-2-1-3-5-8/h1-7H,11H2,(H,12,14). The SMILES string of the molecule is NNc1nccnc1Oc1ccccc1. The average molecular weight is 202 g/mol. The van der Waals surface area contributed by atoms with Gasteiger partial charge in [-0.2, -0.15) is 0 Å². The van der Waals surface area contributed by atoms with Crippen molar-refractivity contribution in [1.29, 1.82) is 0 Å². The van der Waals surface area contributed by atoms with Gasteiger partial charge in [0.15, 0.2) is 0 Å². The van der Waals surface area contributed by atoms with Gasteiger partial charge in [0.1, 0.15) is 5.75 Å². The van der Waals surface area contributed by atoms with E-state index >= 15 is 0 Å². The van der Waals surface area contributed by atoms with Gasteiger partial charge in [-0.1, -0.05) is 18.2 Å². The Labute approximate surface area is 86.9 Å². The lowest BCUT2D eigenvalue weighted by Gasteiger charge is -2.07. The van der Waals surface area contributed by atoms with E-state index in [1.807, 2.05) is 30.3 Å². The molecule has 3 N–H and O–H groups in total. The Morgan fingerprint density at radius 3 is 2.53 bits per heavy atom. The minimum absolute atomic E-state index is 0.353. The molecule has 5 nitrogen and oxygen atoms in total. The first-order chi connectivity index (χ1) is 7.40. The minimum atomic E-state index is 0.353. The molecule has 0 saturated heterocycles. The van der Waals surface area contributed by atoms with Crippen molar-refractivity contribution in [3.63, 3.8) is 0 Å². The smallest absolute Gasteiger partial charge is 0.264 e. The summed E-state index contributed by atoms with van der Waals surface area (Å²) in [6, 6.07) is 9.32. The number of ether oxygens (including phenoxy) is 1. The highest BCUT2D eigenvalue weighted by Crippen LogP contribution is 2.23. The summed E-state index contributed by atoms with van der Waals surface area (Å²) in [4.78, 5) is 7.99. The van der Waals surface area contributed by atoms with Crippen molar-refractivity contribution in [2.75, 3.05) is 5.43 Å². The summed E-state index contributed by atoms with van der Waals surface area (Å²) in [5, 5.41) is 0. The molecule has 0 amide bonds. The normalized spacial score (nSPS) is 9.67. The Balaban J connectivity index is 2.24. The molecule has 0 aliphatic heterocycles. The van der Waals surface area contributed by atoms with Crippen molar-refractivity contribution in [1.82, 2.24) is 9.97 Å². The van der Waals surface area contributed by atoms with Crippen LogP contribution in [0.1, 0.15) is 0 Å². The molecule has 1 heterocycles. The van der Waals surface area contributed by atoms with Gasteiger partial charge >= 0.3 is 0 Å². The van der Waals surface area contributed by atoms with Gasteiger partial charge in [0, 0.05) is 12.4 Å². The van der Waals surface area contributed by atoms with Crippen LogP contribution in [-0.4, -0.2) is 9.97 Å². The van der Waals surface area contributed by atoms with E-state index in [9.17, 15) is 0 Å². The van der Waals surface area contributed by atoms with Gasteiger partial charge in [0.05, 0.1) is 0 Å². The Morgan fingerprint density at radius 1 is 1.07 bits per heavy atom. The summed E-state index contributed by atoms with van der Waals surface area (Å²) in [6.07, 6.45) is 3.08. The molecule has 1 aromatic heterocycles. The second-order valence-corrected chi connectivity index (χ2v) is 2.77. The van der Waals surface area contributed by atoms with Gasteiger partial charge in [-0.25, -0.2) is 15.8 Å². The van der Waals surface area contributed by atoms with Gasteiger partial charge < -0.3 is 10.2 Å². The van der Waals surface area contributed by atoms with Gasteiger partial charge in [-0.15, -0.1) is 0 Å². The number of nitrogens with two attached hydrogens (primary N) is 1. The van der Waals surface area contributed by atoms with Crippen molar-refractivity contribution in [2.24, 2.45) is 5.84 Å². The number of anilines is 1. The first-order valence-electron chi connectivity index (χ1n) is 4.40. The van der Waals surface area contributed by atoms with Crippen LogP contribution in [0, 0.1) is 0 Å². The van der Waals surface area contributed by atoms with Crippen molar-refractivity contribution < 1.29 is 4.74 Å². The maximum atomic E-state index is 5.48. The number of para-hydroxylation sites is 1. The van der Waals surface area contributed by atoms with E-state index in [2.05, 4.69) is 15.4 Å². The van der Waals surface area contributed by atoms with Gasteiger partial charge in [-0.05, 0) is 12.1 Å². The third-order valence-electron chi connectivity index (χ3n) is 1.76. The average Bonchev–Trinajstić information content (AvgIpc) is 2.31. The molecule has 1 aromatic carbocycles. The predicted molar refractivity (Wildman–Crippen MR) is 56.4 cm³/mol. The molecule has 0 radical (unpaired) electrons. The van der Waals surface area contributed by atoms with Crippen LogP contribution >= 0.6 is 0 Å². The molecule has 0 fully saturated rings. The number of hydrogen-bond donors (Lipinski definition) is 2. The highest BCUT2D eigenvalue weighted by molar-refractivity contribution is 5.45. The zero-order chi connectivity index (χ0) is 10.5. The molecular weight excluding hydrogens is 192 g/mol. The molecule has 0 atom stereocenters. The lowest BCUT2D eigenvalue weighted by atomic mass is 10.3. The highest BCUT2D eigenvalue weighted by atomic mass is 16.5. The molecule has 0 saturated carbocycles. The van der Waals surface area contributed by atoms with E-state index in [1.54, 1.807) is 6.20 Å². The minimum Gasteiger partial charge on any atom is -0.436 e. The quantitative estimate of drug-likeness (QED) is 0.583. The van der Waals surface area contributed by atoms with E-state index in [0.717, 1.165) is 0 Å². The Kier molecular flexibility index (Phi) is 2.75. The zero-order valence-electron chi connectivity index (χ0n) is 7.92. The third-order valence-corrected chi connectivity index (χ3v) is 1.76. The summed E-state index contributed by atoms with van der Waals surface area (Å²) >= 11 is 0. The molecule has 2 rings (SSSR count). The zero-order valence-corrected chi connectivity index (χ0v) is 7.92. The first-order valence-corrected chi connectivity index (χ1v) is 4.40. The molecule has 0 spiro atoms. The van der Waals surface area contributed by atoms with Crippen LogP contribution in [0.2, 0.25) is 0 Å². The highest BCUT2D eigenvalue weighted by Gasteiger charge is 2.04. The number of nitrogens with zero attached hydrogens (tertiary/aromatic N) is 2. The van der Waals surface area contributed by atoms with E-state index < -0.39 is 0 Å². The van der Waals surface area contributed by atoms with Crippen LogP contribution in [0.5, 0.6) is 11.6 Å². The maximum absolute atomic E-state index is 5.48. The second-order valence-electron chi connectivity index (χ2n) is 2.77. The summed E-state index contributed by atoms with van der Waals surface area (Å²) in [6.45, 7) is 0. The largest absolute Gasteiger partial charge is 0.436 e. The topological polar surface area (TPSA) is 73.1 Å². The van der Waals surface area contributed by atoms with E-state index in [4.69, 9.17) is 10.6 Å². The second kappa shape index (κ2) is 4.39. The summed E-state index contributed by atoms with van der Waals surface area (Å²) < 4.78 is 5.48. The molecule has 0 aliphatic carbocycles. The Hall–Kier alpha value is -2.14. The van der Waals surface area contributed by atoms with Crippen LogP contribution in [0.25, 0.3) is 0 Å². The van der Waals surface area contributed by atoms with Crippen molar-refractivity contribution in [3.05, 3.63) is 42.7 Å². The van der Waals surface area contributed by atoms with Gasteiger partial charge in [-0.3, -0.25) is 0 Å². The molecule has 0 aliphatic rings. The number of rotatable bonds is 3. The van der Waals surface area contributed by atoms with Crippen LogP contribution < -0.4 is 16.0 Å². The summed E-state index contributed by atoms with van der Waals surface area (Å²) in [5.74, 6) is 6.72. The molecule has 0 unspecified atom stereocenters. The first kappa shape index (κ1) is 9.42. The Morgan fingerprint density at radius 2 is 1.80 bits per heavy atom. The molecule has 5 heteroatoms. The van der Waals surface area contributed by atoms with E-state index in [0.29, 0.717) is 17.4 Å². The number of hydrazine groups is 1. The molecule has 2 aromatic rings. The fourth-order valence-electron chi connectivity index (χ4n) is 1.10. The Bertz CT molecular complexity index is 432. The monoisotopic (exact) mass is 202 g/mol. The number of nitrogens with one attached hydrogen (secondary N) is 1. The van der Waals surface area contributed by atoms with Gasteiger partial charge in [0.25, 0.3) is 5.88 Å². The maximum Gasteiger partial charge on any atom is 0.264 e. The summed E-state index contributed by atoms with van der Waals surface area (Å²) in [5.41, 5.74) is 2.42. The summed E-state index contributed by atoms with van der Waals surface area (Å²) in [7, 11) is 0. The number of nitrogen functional groups attached to an aromatic ring is 1. The van der Waals surface area contributed by atoms with E-state index in [1.165, 1.54) is 6.20 Å². The molecule has 76 valence electrons. The fraction of sp³-hybridized carbons (Fsp3) is 0. The lowest BCUT2D eigenvalue weighted by Crippen LogP contribution is -2.10. The van der Waals surface area contributed by atoms with Crippen LogP contribution in [-0.2, 0) is 0 Å². The van der Waals surface area contributed by atoms with Crippen molar-refractivity contribution in [3.8, 4) is 11.6 Å². The molecule has 15 heavy (non-hydrogen) atoms. The van der Waals surface area contributed by atoms with E-state index in [-0.39, 0.29) is 0 Å². The number of benzene rings is 1. The number of aromatic nitrogens is 2. The van der Waals surface area contributed by atoms with Crippen LogP contribution in [0.15, 0.2) is 42.7 Å². The number of hydrogen-bond acceptors (Lipinski definition) is 5. The molecular formula is C10H10N4O. The molecule has 0 bridgehead atoms. The van der Waals surface area contributed by atoms with Crippen molar-refractivity contribution >= 4 is 5.82 Å². The van der Waals surface area contributed by atoms with Gasteiger partial charge in [0.2, 0.25) is 5.82 Å². The van der Waals surface area contributed by atoms with Crippen LogP contribution in [0.4, 0.5) is 5.82 Å². The third kappa shape index (κ3) is 2.21. The predicted octanol–water partition coefficient (Wildman–Crippen LogP) is 1.55. The van der Waals surface area contributed by atoms with Crippen molar-refractivity contribution in [2.45, 2.75) is 0 Å². The fourth-order valence-corrected chi connectivity index (χ4v) is 1.10. The van der Waals surface area contributed by atoms with Crippen LogP contribution in [0.3, 0.4) is 0 Å². The lowest BCUT2D eigenvalue weighted by molar-refractivity contribution is 0.462.